The SMILES string of the molecule is COc1ccc2[nH]c(=O)c3sccc3c2c1-c1ccc(C=O)cc1. The molecule has 0 bridgehead atoms. The van der Waals surface area contributed by atoms with Crippen molar-refractivity contribution in [2.75, 3.05) is 7.11 Å². The first kappa shape index (κ1) is 14.7. The van der Waals surface area contributed by atoms with Crippen LogP contribution in [0.5, 0.6) is 5.75 Å². The van der Waals surface area contributed by atoms with E-state index < -0.39 is 0 Å². The van der Waals surface area contributed by atoms with Gasteiger partial charge in [0.05, 0.1) is 7.11 Å². The average Bonchev–Trinajstić information content (AvgIpc) is 3.11. The van der Waals surface area contributed by atoms with Crippen molar-refractivity contribution in [3.8, 4) is 16.9 Å². The highest BCUT2D eigenvalue weighted by molar-refractivity contribution is 7.17. The molecular weight excluding hydrogens is 322 g/mol. The number of rotatable bonds is 3. The number of hydrogen-bond donors (Lipinski definition) is 1. The number of ether oxygens (including phenoxy) is 1. The number of aromatic amines is 1. The number of hydrogen-bond acceptors (Lipinski definition) is 4. The molecule has 0 atom stereocenters. The third-order valence-corrected chi connectivity index (χ3v) is 5.02. The minimum atomic E-state index is -0.0834. The average molecular weight is 335 g/mol. The second-order valence-corrected chi connectivity index (χ2v) is 6.34. The van der Waals surface area contributed by atoms with E-state index in [0.717, 1.165) is 39.5 Å². The zero-order valence-electron chi connectivity index (χ0n) is 12.8. The number of aldehydes is 1. The molecular formula is C19H13NO3S. The quantitative estimate of drug-likeness (QED) is 0.570. The Morgan fingerprint density at radius 2 is 1.88 bits per heavy atom. The summed E-state index contributed by atoms with van der Waals surface area (Å²) in [6.45, 7) is 0. The largest absolute Gasteiger partial charge is 0.496 e. The van der Waals surface area contributed by atoms with Gasteiger partial charge in [-0.25, -0.2) is 0 Å². The first-order chi connectivity index (χ1) is 11.7. The molecule has 0 aliphatic heterocycles. The van der Waals surface area contributed by atoms with Crippen LogP contribution in [0.15, 0.2) is 52.6 Å². The zero-order valence-corrected chi connectivity index (χ0v) is 13.6. The van der Waals surface area contributed by atoms with Gasteiger partial charge in [-0.1, -0.05) is 24.3 Å². The van der Waals surface area contributed by atoms with E-state index in [0.29, 0.717) is 10.3 Å². The lowest BCUT2D eigenvalue weighted by atomic mass is 9.96. The standard InChI is InChI=1S/C19H13NO3S/c1-23-15-7-6-14-17(13-8-9-24-18(13)19(22)20-14)16(15)12-4-2-11(10-21)3-5-12/h2-10H,1H3,(H,20,22). The maximum Gasteiger partial charge on any atom is 0.266 e. The monoisotopic (exact) mass is 335 g/mol. The number of fused-ring (bicyclic) bond motifs is 3. The van der Waals surface area contributed by atoms with Gasteiger partial charge in [0, 0.05) is 27.4 Å². The molecule has 0 fully saturated rings. The molecule has 0 aliphatic carbocycles. The summed E-state index contributed by atoms with van der Waals surface area (Å²) in [4.78, 5) is 26.1. The van der Waals surface area contributed by atoms with Gasteiger partial charge in [0.2, 0.25) is 0 Å². The van der Waals surface area contributed by atoms with Gasteiger partial charge in [-0.3, -0.25) is 9.59 Å². The van der Waals surface area contributed by atoms with E-state index in [1.54, 1.807) is 19.2 Å². The molecule has 0 saturated heterocycles. The number of pyridine rings is 1. The molecule has 0 radical (unpaired) electrons. The lowest BCUT2D eigenvalue weighted by molar-refractivity contribution is 0.112. The number of benzene rings is 2. The summed E-state index contributed by atoms with van der Waals surface area (Å²) in [6.07, 6.45) is 0.818. The first-order valence-corrected chi connectivity index (χ1v) is 8.26. The summed E-state index contributed by atoms with van der Waals surface area (Å²) >= 11 is 1.42. The Hall–Kier alpha value is -2.92. The number of nitrogens with one attached hydrogen (secondary N) is 1. The molecule has 24 heavy (non-hydrogen) atoms. The van der Waals surface area contributed by atoms with Crippen molar-refractivity contribution in [1.82, 2.24) is 4.98 Å². The van der Waals surface area contributed by atoms with Crippen molar-refractivity contribution in [2.45, 2.75) is 0 Å². The maximum absolute atomic E-state index is 12.2. The Labute approximate surface area is 141 Å². The molecule has 2 aromatic carbocycles. The van der Waals surface area contributed by atoms with Crippen LogP contribution in [0.4, 0.5) is 0 Å². The van der Waals surface area contributed by atoms with Gasteiger partial charge in [-0.2, -0.15) is 0 Å². The number of carbonyl (C=O) groups is 1. The van der Waals surface area contributed by atoms with Crippen LogP contribution in [0, 0.1) is 0 Å². The van der Waals surface area contributed by atoms with E-state index >= 15 is 0 Å². The lowest BCUT2D eigenvalue weighted by Gasteiger charge is -2.13. The molecule has 1 N–H and O–H groups in total. The zero-order chi connectivity index (χ0) is 16.7. The van der Waals surface area contributed by atoms with E-state index in [1.165, 1.54) is 11.3 Å². The van der Waals surface area contributed by atoms with Gasteiger partial charge in [0.15, 0.2) is 0 Å². The molecule has 0 spiro atoms. The van der Waals surface area contributed by atoms with Crippen LogP contribution in [0.3, 0.4) is 0 Å². The van der Waals surface area contributed by atoms with E-state index in [1.807, 2.05) is 35.7 Å². The van der Waals surface area contributed by atoms with Crippen LogP contribution in [-0.4, -0.2) is 18.4 Å². The predicted octanol–water partition coefficient (Wildman–Crippen LogP) is 4.23. The molecule has 2 heterocycles. The summed E-state index contributed by atoms with van der Waals surface area (Å²) in [6, 6.07) is 13.0. The highest BCUT2D eigenvalue weighted by Crippen LogP contribution is 2.40. The van der Waals surface area contributed by atoms with Crippen molar-refractivity contribution in [2.24, 2.45) is 0 Å². The van der Waals surface area contributed by atoms with Gasteiger partial charge in [-0.05, 0) is 29.1 Å². The van der Waals surface area contributed by atoms with Crippen molar-refractivity contribution in [3.63, 3.8) is 0 Å². The van der Waals surface area contributed by atoms with Crippen molar-refractivity contribution < 1.29 is 9.53 Å². The van der Waals surface area contributed by atoms with Crippen molar-refractivity contribution in [1.29, 1.82) is 0 Å². The fourth-order valence-corrected chi connectivity index (χ4v) is 3.81. The number of thiophene rings is 1. The predicted molar refractivity (Wildman–Crippen MR) is 97.3 cm³/mol. The summed E-state index contributed by atoms with van der Waals surface area (Å²) < 4.78 is 6.26. The summed E-state index contributed by atoms with van der Waals surface area (Å²) in [5, 5.41) is 3.77. The van der Waals surface area contributed by atoms with Crippen LogP contribution in [-0.2, 0) is 0 Å². The van der Waals surface area contributed by atoms with Crippen molar-refractivity contribution in [3.05, 3.63) is 63.8 Å². The molecule has 4 rings (SSSR count). The molecule has 2 aromatic heterocycles. The van der Waals surface area contributed by atoms with Crippen LogP contribution >= 0.6 is 11.3 Å². The Kier molecular flexibility index (Phi) is 3.43. The minimum absolute atomic E-state index is 0.0834. The Morgan fingerprint density at radius 1 is 1.08 bits per heavy atom. The number of methoxy groups -OCH3 is 1. The third-order valence-electron chi connectivity index (χ3n) is 4.11. The molecule has 0 aliphatic rings. The fraction of sp³-hybridized carbons (Fsp3) is 0.0526. The van der Waals surface area contributed by atoms with Crippen LogP contribution in [0.2, 0.25) is 0 Å². The van der Waals surface area contributed by atoms with E-state index in [4.69, 9.17) is 4.74 Å². The molecule has 4 nitrogen and oxygen atoms in total. The van der Waals surface area contributed by atoms with Crippen molar-refractivity contribution >= 4 is 38.6 Å². The van der Waals surface area contributed by atoms with Gasteiger partial charge in [0.1, 0.15) is 16.7 Å². The van der Waals surface area contributed by atoms with Gasteiger partial charge >= 0.3 is 0 Å². The van der Waals surface area contributed by atoms with E-state index in [2.05, 4.69) is 4.98 Å². The smallest absolute Gasteiger partial charge is 0.266 e. The molecule has 0 unspecified atom stereocenters. The second-order valence-electron chi connectivity index (χ2n) is 5.42. The summed E-state index contributed by atoms with van der Waals surface area (Å²) in [5.74, 6) is 0.723. The molecule has 0 amide bonds. The van der Waals surface area contributed by atoms with Gasteiger partial charge < -0.3 is 9.72 Å². The van der Waals surface area contributed by atoms with E-state index in [-0.39, 0.29) is 5.56 Å². The number of carbonyl (C=O) groups excluding carboxylic acids is 1. The highest BCUT2D eigenvalue weighted by Gasteiger charge is 2.16. The number of H-pyrrole nitrogens is 1. The minimum Gasteiger partial charge on any atom is -0.496 e. The molecule has 118 valence electrons. The first-order valence-electron chi connectivity index (χ1n) is 7.38. The topological polar surface area (TPSA) is 59.2 Å². The Balaban J connectivity index is 2.16. The normalized spacial score (nSPS) is 11.0. The van der Waals surface area contributed by atoms with Gasteiger partial charge in [0.25, 0.3) is 5.56 Å². The third kappa shape index (κ3) is 2.13. The Morgan fingerprint density at radius 3 is 2.58 bits per heavy atom. The lowest BCUT2D eigenvalue weighted by Crippen LogP contribution is -2.05. The maximum atomic E-state index is 12.2. The van der Waals surface area contributed by atoms with Gasteiger partial charge in [-0.15, -0.1) is 11.3 Å². The number of aromatic nitrogens is 1. The Bertz CT molecular complexity index is 1120. The van der Waals surface area contributed by atoms with Crippen LogP contribution in [0.1, 0.15) is 10.4 Å². The summed E-state index contributed by atoms with van der Waals surface area (Å²) in [5.41, 5.74) is 3.14. The molecule has 0 saturated carbocycles. The fourth-order valence-electron chi connectivity index (χ4n) is 3.01. The summed E-state index contributed by atoms with van der Waals surface area (Å²) in [7, 11) is 1.63. The molecule has 5 heteroatoms. The van der Waals surface area contributed by atoms with Crippen LogP contribution in [0.25, 0.3) is 32.1 Å². The van der Waals surface area contributed by atoms with E-state index in [9.17, 15) is 9.59 Å². The highest BCUT2D eigenvalue weighted by atomic mass is 32.1. The van der Waals surface area contributed by atoms with Crippen LogP contribution < -0.4 is 10.3 Å². The second kappa shape index (κ2) is 5.62. The molecule has 4 aromatic rings.